The number of aliphatic hydroxyl groups excluding tert-OH is 4. The maximum Gasteiger partial charge on any atom is 0.336 e. The summed E-state index contributed by atoms with van der Waals surface area (Å²) in [6, 6.07) is 20.1. The van der Waals surface area contributed by atoms with Gasteiger partial charge in [-0.05, 0) is 59.9 Å². The summed E-state index contributed by atoms with van der Waals surface area (Å²) in [6.45, 7) is 7.04. The Morgan fingerprint density at radius 3 is 2.05 bits per heavy atom. The topological polar surface area (TPSA) is 126 Å². The van der Waals surface area contributed by atoms with E-state index in [4.69, 9.17) is 14.2 Å². The molecule has 1 saturated heterocycles. The summed E-state index contributed by atoms with van der Waals surface area (Å²) >= 11 is 0. The minimum Gasteiger partial charge on any atom is -0.461 e. The summed E-state index contributed by atoms with van der Waals surface area (Å²) in [6.07, 6.45) is 0.375. The second kappa shape index (κ2) is 14.0. The fraction of sp³-hybridized carbons (Fsp3) is 0.242. The highest BCUT2D eigenvalue weighted by Gasteiger charge is 2.45. The van der Waals surface area contributed by atoms with Crippen LogP contribution in [0, 0.1) is 0 Å². The summed E-state index contributed by atoms with van der Waals surface area (Å²) in [4.78, 5) is 12.8. The zero-order valence-electron chi connectivity index (χ0n) is 22.5. The van der Waals surface area contributed by atoms with Gasteiger partial charge in [-0.1, -0.05) is 54.6 Å². The van der Waals surface area contributed by atoms with Gasteiger partial charge in [-0.3, -0.25) is 0 Å². The average molecular weight is 559 g/mol. The average Bonchev–Trinajstić information content (AvgIpc) is 2.98. The standard InChI is InChI=1S/C33H34O8/c1-3-8-22-12-15-26(39-29(35)17-14-21-10-6-5-7-11-21)24(18-22)25-19-23(9-4-2)13-16-27(25)40-33-32(38)31(37)30(36)28(20-34)41-33/h3-7,10-19,28,30-34,36-38H,1-2,8-9,20H2/b17-14+/t28-,30-,31+,32-,33-/m1/s1. The van der Waals surface area contributed by atoms with E-state index in [-0.39, 0.29) is 11.5 Å². The van der Waals surface area contributed by atoms with Gasteiger partial charge in [0.15, 0.2) is 0 Å². The first-order chi connectivity index (χ1) is 19.8. The van der Waals surface area contributed by atoms with Crippen molar-refractivity contribution in [2.75, 3.05) is 6.61 Å². The maximum absolute atomic E-state index is 12.8. The largest absolute Gasteiger partial charge is 0.461 e. The second-order valence-corrected chi connectivity index (χ2v) is 9.63. The van der Waals surface area contributed by atoms with Crippen LogP contribution < -0.4 is 9.47 Å². The highest BCUT2D eigenvalue weighted by Crippen LogP contribution is 2.40. The van der Waals surface area contributed by atoms with E-state index < -0.39 is 43.3 Å². The van der Waals surface area contributed by atoms with Gasteiger partial charge in [0.05, 0.1) is 6.61 Å². The molecule has 5 atom stereocenters. The molecule has 4 N–H and O–H groups in total. The Morgan fingerprint density at radius 1 is 0.829 bits per heavy atom. The molecular weight excluding hydrogens is 524 g/mol. The Bertz CT molecular complexity index is 1380. The highest BCUT2D eigenvalue weighted by molar-refractivity contribution is 5.90. The smallest absolute Gasteiger partial charge is 0.336 e. The first-order valence-corrected chi connectivity index (χ1v) is 13.2. The Kier molecular flexibility index (Phi) is 10.2. The molecule has 3 aromatic rings. The van der Waals surface area contributed by atoms with Gasteiger partial charge in [0.25, 0.3) is 0 Å². The summed E-state index contributed by atoms with van der Waals surface area (Å²) in [5, 5.41) is 40.6. The van der Waals surface area contributed by atoms with Crippen LogP contribution in [0.2, 0.25) is 0 Å². The summed E-state index contributed by atoms with van der Waals surface area (Å²) < 4.78 is 17.4. The van der Waals surface area contributed by atoms with Gasteiger partial charge < -0.3 is 34.6 Å². The minimum atomic E-state index is -1.60. The molecule has 8 heteroatoms. The number of hydrogen-bond donors (Lipinski definition) is 4. The van der Waals surface area contributed by atoms with Gasteiger partial charge in [0.1, 0.15) is 35.9 Å². The third-order valence-corrected chi connectivity index (χ3v) is 6.65. The van der Waals surface area contributed by atoms with E-state index in [0.29, 0.717) is 24.0 Å². The Labute approximate surface area is 239 Å². The van der Waals surface area contributed by atoms with Crippen molar-refractivity contribution in [3.8, 4) is 22.6 Å². The lowest BCUT2D eigenvalue weighted by Crippen LogP contribution is -2.60. The van der Waals surface area contributed by atoms with Gasteiger partial charge in [-0.25, -0.2) is 4.79 Å². The zero-order valence-corrected chi connectivity index (χ0v) is 22.5. The summed E-state index contributed by atoms with van der Waals surface area (Å²) in [5.74, 6) is -0.0461. The van der Waals surface area contributed by atoms with E-state index in [9.17, 15) is 25.2 Å². The highest BCUT2D eigenvalue weighted by atomic mass is 16.7. The predicted molar refractivity (Wildman–Crippen MR) is 155 cm³/mol. The molecule has 41 heavy (non-hydrogen) atoms. The van der Waals surface area contributed by atoms with E-state index in [1.165, 1.54) is 6.08 Å². The summed E-state index contributed by atoms with van der Waals surface area (Å²) in [5.41, 5.74) is 3.71. The van der Waals surface area contributed by atoms with Crippen molar-refractivity contribution in [3.05, 3.63) is 115 Å². The van der Waals surface area contributed by atoms with Crippen molar-refractivity contribution in [1.29, 1.82) is 0 Å². The van der Waals surface area contributed by atoms with Crippen LogP contribution in [0.5, 0.6) is 11.5 Å². The summed E-state index contributed by atoms with van der Waals surface area (Å²) in [7, 11) is 0. The molecule has 0 radical (unpaired) electrons. The molecule has 1 aliphatic heterocycles. The molecule has 3 aromatic carbocycles. The number of carbonyl (C=O) groups excluding carboxylic acids is 1. The number of ether oxygens (including phenoxy) is 3. The number of esters is 1. The van der Waals surface area contributed by atoms with E-state index >= 15 is 0 Å². The third kappa shape index (κ3) is 7.38. The van der Waals surface area contributed by atoms with E-state index in [1.54, 1.807) is 30.4 Å². The van der Waals surface area contributed by atoms with Crippen molar-refractivity contribution in [1.82, 2.24) is 0 Å². The van der Waals surface area contributed by atoms with Crippen LogP contribution in [0.25, 0.3) is 17.2 Å². The quantitative estimate of drug-likeness (QED) is 0.122. The van der Waals surface area contributed by atoms with Gasteiger partial charge in [0, 0.05) is 17.2 Å². The fourth-order valence-electron chi connectivity index (χ4n) is 4.51. The molecule has 1 fully saturated rings. The number of benzene rings is 3. The van der Waals surface area contributed by atoms with Gasteiger partial charge in [-0.2, -0.15) is 0 Å². The molecule has 214 valence electrons. The molecule has 0 unspecified atom stereocenters. The second-order valence-electron chi connectivity index (χ2n) is 9.63. The monoisotopic (exact) mass is 558 g/mol. The van der Waals surface area contributed by atoms with Crippen LogP contribution in [0.1, 0.15) is 16.7 Å². The Hall–Kier alpha value is -4.05. The molecule has 0 bridgehead atoms. The van der Waals surface area contributed by atoms with Crippen LogP contribution >= 0.6 is 0 Å². The lowest BCUT2D eigenvalue weighted by atomic mass is 9.96. The molecule has 0 aliphatic carbocycles. The van der Waals surface area contributed by atoms with Crippen molar-refractivity contribution in [2.24, 2.45) is 0 Å². The van der Waals surface area contributed by atoms with E-state index in [0.717, 1.165) is 16.7 Å². The number of rotatable bonds is 11. The zero-order chi connectivity index (χ0) is 29.4. The molecule has 8 nitrogen and oxygen atoms in total. The van der Waals surface area contributed by atoms with Crippen molar-refractivity contribution >= 4 is 12.0 Å². The van der Waals surface area contributed by atoms with Crippen molar-refractivity contribution < 1.29 is 39.4 Å². The third-order valence-electron chi connectivity index (χ3n) is 6.65. The number of aliphatic hydroxyl groups is 4. The molecule has 0 saturated carbocycles. The van der Waals surface area contributed by atoms with E-state index in [2.05, 4.69) is 13.2 Å². The van der Waals surface area contributed by atoms with Crippen LogP contribution in [-0.2, 0) is 22.4 Å². The first-order valence-electron chi connectivity index (χ1n) is 13.2. The first kappa shape index (κ1) is 29.9. The lowest BCUT2D eigenvalue weighted by Gasteiger charge is -2.39. The molecule has 0 aromatic heterocycles. The predicted octanol–water partition coefficient (Wildman–Crippen LogP) is 3.61. The van der Waals surface area contributed by atoms with Crippen LogP contribution in [0.3, 0.4) is 0 Å². The van der Waals surface area contributed by atoms with Gasteiger partial charge >= 0.3 is 5.97 Å². The molecule has 0 amide bonds. The fourth-order valence-corrected chi connectivity index (χ4v) is 4.51. The van der Waals surface area contributed by atoms with Gasteiger partial charge in [-0.15, -0.1) is 13.2 Å². The van der Waals surface area contributed by atoms with Crippen molar-refractivity contribution in [2.45, 2.75) is 43.5 Å². The Morgan fingerprint density at radius 2 is 1.44 bits per heavy atom. The molecule has 1 heterocycles. The SMILES string of the molecule is C=CCc1ccc(OC(=O)/C=C/c2ccccc2)c(-c2cc(CC=C)ccc2O[C@@H]2O[C@H](CO)[C@@H](O)[C@H](O)[C@H]2O)c1. The van der Waals surface area contributed by atoms with E-state index in [1.807, 2.05) is 54.6 Å². The van der Waals surface area contributed by atoms with Crippen LogP contribution in [0.4, 0.5) is 0 Å². The lowest BCUT2D eigenvalue weighted by molar-refractivity contribution is -0.277. The van der Waals surface area contributed by atoms with Crippen LogP contribution in [-0.4, -0.2) is 63.7 Å². The van der Waals surface area contributed by atoms with Gasteiger partial charge in [0.2, 0.25) is 6.29 Å². The number of hydrogen-bond acceptors (Lipinski definition) is 8. The molecule has 4 rings (SSSR count). The molecule has 0 spiro atoms. The minimum absolute atomic E-state index is 0.259. The maximum atomic E-state index is 12.8. The van der Waals surface area contributed by atoms with Crippen molar-refractivity contribution in [3.63, 3.8) is 0 Å². The van der Waals surface area contributed by atoms with Crippen LogP contribution in [0.15, 0.2) is 98.1 Å². The molecule has 1 aliphatic rings. The molecular formula is C33H34O8. The normalized spacial score (nSPS) is 22.3. The Balaban J connectivity index is 1.73. The number of allylic oxidation sites excluding steroid dienone is 2. The number of carbonyl (C=O) groups is 1.